The first-order chi connectivity index (χ1) is 14.5. The number of rotatable bonds is 14. The van der Waals surface area contributed by atoms with Gasteiger partial charge in [0.1, 0.15) is 0 Å². The van der Waals surface area contributed by atoms with E-state index in [2.05, 4.69) is 26.8 Å². The van der Waals surface area contributed by atoms with Gasteiger partial charge in [0.25, 0.3) is 0 Å². The Balaban J connectivity index is 1.79. The van der Waals surface area contributed by atoms with Crippen molar-refractivity contribution in [3.63, 3.8) is 0 Å². The number of unbranched alkanes of at least 4 members (excludes halogenated alkanes) is 4. The Bertz CT molecular complexity index is 787. The highest BCUT2D eigenvalue weighted by Crippen LogP contribution is 2.50. The topological polar surface area (TPSA) is 74.6 Å². The lowest BCUT2D eigenvalue weighted by molar-refractivity contribution is -0.147. The summed E-state index contributed by atoms with van der Waals surface area (Å²) >= 11 is 0. The van der Waals surface area contributed by atoms with Crippen LogP contribution in [0.1, 0.15) is 106 Å². The summed E-state index contributed by atoms with van der Waals surface area (Å²) in [5, 5.41) is 18.5. The highest BCUT2D eigenvalue weighted by molar-refractivity contribution is 5.77. The van der Waals surface area contributed by atoms with Crippen molar-refractivity contribution in [3.8, 4) is 0 Å². The molecule has 1 saturated carbocycles. The SMILES string of the molecule is Cc1cc(CCCCC2(C(=O)O)CC2)c(C)c(C)c1CCCCCCC(C)(C)C(=O)O. The van der Waals surface area contributed by atoms with Gasteiger partial charge >= 0.3 is 11.9 Å². The van der Waals surface area contributed by atoms with Gasteiger partial charge in [0, 0.05) is 0 Å². The van der Waals surface area contributed by atoms with Gasteiger partial charge < -0.3 is 10.2 Å². The molecule has 2 N–H and O–H groups in total. The van der Waals surface area contributed by atoms with Crippen LogP contribution in [0.25, 0.3) is 0 Å². The maximum Gasteiger partial charge on any atom is 0.309 e. The molecule has 174 valence electrons. The summed E-state index contributed by atoms with van der Waals surface area (Å²) in [6.45, 7) is 10.3. The zero-order chi connectivity index (χ0) is 23.2. The summed E-state index contributed by atoms with van der Waals surface area (Å²) in [5.41, 5.74) is 6.04. The first kappa shape index (κ1) is 25.4. The van der Waals surface area contributed by atoms with E-state index in [-0.39, 0.29) is 0 Å². The van der Waals surface area contributed by atoms with Crippen LogP contribution in [0.3, 0.4) is 0 Å². The molecule has 1 aromatic rings. The van der Waals surface area contributed by atoms with E-state index in [1.807, 2.05) is 13.8 Å². The van der Waals surface area contributed by atoms with E-state index < -0.39 is 22.8 Å². The van der Waals surface area contributed by atoms with Gasteiger partial charge in [0.2, 0.25) is 0 Å². The lowest BCUT2D eigenvalue weighted by Gasteiger charge is -2.19. The summed E-state index contributed by atoms with van der Waals surface area (Å²) < 4.78 is 0. The molecule has 0 unspecified atom stereocenters. The molecule has 0 radical (unpaired) electrons. The van der Waals surface area contributed by atoms with Gasteiger partial charge in [-0.3, -0.25) is 9.59 Å². The second-order valence-corrected chi connectivity index (χ2v) is 10.5. The molecule has 4 nitrogen and oxygen atoms in total. The van der Waals surface area contributed by atoms with Crippen molar-refractivity contribution >= 4 is 11.9 Å². The number of aryl methyl sites for hydroxylation is 2. The molecule has 0 heterocycles. The van der Waals surface area contributed by atoms with Gasteiger partial charge in [-0.1, -0.05) is 31.7 Å². The third kappa shape index (κ3) is 6.82. The molecular weight excluding hydrogens is 388 g/mol. The second-order valence-electron chi connectivity index (χ2n) is 10.5. The van der Waals surface area contributed by atoms with E-state index in [0.29, 0.717) is 0 Å². The Kier molecular flexibility index (Phi) is 8.73. The molecular formula is C27H42O4. The fourth-order valence-corrected chi connectivity index (χ4v) is 4.69. The van der Waals surface area contributed by atoms with Crippen LogP contribution in [-0.4, -0.2) is 22.2 Å². The highest BCUT2D eigenvalue weighted by atomic mass is 16.4. The van der Waals surface area contributed by atoms with Crippen LogP contribution in [0.2, 0.25) is 0 Å². The minimum absolute atomic E-state index is 0.395. The van der Waals surface area contributed by atoms with E-state index in [0.717, 1.165) is 77.0 Å². The van der Waals surface area contributed by atoms with Crippen LogP contribution < -0.4 is 0 Å². The van der Waals surface area contributed by atoms with Gasteiger partial charge in [-0.25, -0.2) is 0 Å². The van der Waals surface area contributed by atoms with Crippen molar-refractivity contribution in [2.75, 3.05) is 0 Å². The predicted octanol–water partition coefficient (Wildman–Crippen LogP) is 6.79. The molecule has 0 bridgehead atoms. The largest absolute Gasteiger partial charge is 0.481 e. The van der Waals surface area contributed by atoms with E-state index in [4.69, 9.17) is 0 Å². The minimum Gasteiger partial charge on any atom is -0.481 e. The fraction of sp³-hybridized carbons (Fsp3) is 0.704. The number of carboxylic acids is 2. The molecule has 2 rings (SSSR count). The van der Waals surface area contributed by atoms with Crippen LogP contribution in [0, 0.1) is 31.6 Å². The molecule has 1 fully saturated rings. The molecule has 0 amide bonds. The summed E-state index contributed by atoms with van der Waals surface area (Å²) in [4.78, 5) is 22.5. The Morgan fingerprint density at radius 3 is 2.10 bits per heavy atom. The fourth-order valence-electron chi connectivity index (χ4n) is 4.69. The first-order valence-corrected chi connectivity index (χ1v) is 12.1. The van der Waals surface area contributed by atoms with Crippen molar-refractivity contribution in [1.82, 2.24) is 0 Å². The third-order valence-electron chi connectivity index (χ3n) is 7.58. The second kappa shape index (κ2) is 10.7. The minimum atomic E-state index is -0.705. The number of benzene rings is 1. The summed E-state index contributed by atoms with van der Waals surface area (Å²) in [6, 6.07) is 2.34. The Labute approximate surface area is 188 Å². The highest BCUT2D eigenvalue weighted by Gasteiger charge is 2.49. The Morgan fingerprint density at radius 1 is 0.903 bits per heavy atom. The van der Waals surface area contributed by atoms with Crippen molar-refractivity contribution in [2.45, 2.75) is 112 Å². The van der Waals surface area contributed by atoms with Gasteiger partial charge in [-0.15, -0.1) is 0 Å². The monoisotopic (exact) mass is 430 g/mol. The van der Waals surface area contributed by atoms with Crippen LogP contribution >= 0.6 is 0 Å². The lowest BCUT2D eigenvalue weighted by Crippen LogP contribution is -2.23. The van der Waals surface area contributed by atoms with Crippen LogP contribution in [-0.2, 0) is 22.4 Å². The van der Waals surface area contributed by atoms with Gasteiger partial charge in [-0.2, -0.15) is 0 Å². The molecule has 0 saturated heterocycles. The van der Waals surface area contributed by atoms with Crippen LogP contribution in [0.5, 0.6) is 0 Å². The smallest absolute Gasteiger partial charge is 0.309 e. The van der Waals surface area contributed by atoms with E-state index in [1.54, 1.807) is 0 Å². The summed E-state index contributed by atoms with van der Waals surface area (Å²) in [5.74, 6) is -1.31. The Hall–Kier alpha value is -1.84. The molecule has 0 aliphatic heterocycles. The predicted molar refractivity (Wildman–Crippen MR) is 126 cm³/mol. The van der Waals surface area contributed by atoms with Gasteiger partial charge in [0.05, 0.1) is 10.8 Å². The number of hydrogen-bond donors (Lipinski definition) is 2. The average molecular weight is 431 g/mol. The molecule has 1 aliphatic rings. The molecule has 0 atom stereocenters. The van der Waals surface area contributed by atoms with Crippen LogP contribution in [0.15, 0.2) is 6.07 Å². The number of carbonyl (C=O) groups is 2. The van der Waals surface area contributed by atoms with Crippen LogP contribution in [0.4, 0.5) is 0 Å². The van der Waals surface area contributed by atoms with Crippen molar-refractivity contribution in [3.05, 3.63) is 33.9 Å². The average Bonchev–Trinajstić information content (AvgIpc) is 3.48. The maximum atomic E-state index is 11.3. The summed E-state index contributed by atoms with van der Waals surface area (Å²) in [6.07, 6.45) is 11.8. The van der Waals surface area contributed by atoms with E-state index in [1.165, 1.54) is 27.8 Å². The number of carboxylic acid groups (broad SMARTS) is 2. The zero-order valence-corrected chi connectivity index (χ0v) is 20.3. The van der Waals surface area contributed by atoms with E-state index >= 15 is 0 Å². The molecule has 31 heavy (non-hydrogen) atoms. The molecule has 0 aromatic heterocycles. The maximum absolute atomic E-state index is 11.3. The normalized spacial score (nSPS) is 15.1. The van der Waals surface area contributed by atoms with Crippen molar-refractivity contribution in [2.24, 2.45) is 10.8 Å². The lowest BCUT2D eigenvalue weighted by atomic mass is 9.86. The molecule has 1 aliphatic carbocycles. The molecule has 0 spiro atoms. The molecule has 1 aromatic carbocycles. The molecule has 4 heteroatoms. The van der Waals surface area contributed by atoms with Gasteiger partial charge in [0.15, 0.2) is 0 Å². The summed E-state index contributed by atoms with van der Waals surface area (Å²) in [7, 11) is 0. The zero-order valence-electron chi connectivity index (χ0n) is 20.3. The number of aliphatic carboxylic acids is 2. The van der Waals surface area contributed by atoms with Gasteiger partial charge in [-0.05, 0) is 114 Å². The number of hydrogen-bond acceptors (Lipinski definition) is 2. The first-order valence-electron chi connectivity index (χ1n) is 12.1. The van der Waals surface area contributed by atoms with Crippen molar-refractivity contribution < 1.29 is 19.8 Å². The van der Waals surface area contributed by atoms with E-state index in [9.17, 15) is 19.8 Å². The Morgan fingerprint density at radius 2 is 1.52 bits per heavy atom. The van der Waals surface area contributed by atoms with Crippen molar-refractivity contribution in [1.29, 1.82) is 0 Å². The quantitative estimate of drug-likeness (QED) is 0.319. The standard InChI is InChI=1S/C27H42O4/c1-19-18-22(12-9-11-15-27(16-17-27)25(30)31)20(2)21(3)23(19)13-8-6-7-10-14-26(4,5)24(28)29/h18H,6-17H2,1-5H3,(H,28,29)(H,30,31). The third-order valence-corrected chi connectivity index (χ3v) is 7.58.